The van der Waals surface area contributed by atoms with E-state index in [2.05, 4.69) is 20.3 Å². The Labute approximate surface area is 181 Å². The van der Waals surface area contributed by atoms with E-state index in [4.69, 9.17) is 0 Å². The summed E-state index contributed by atoms with van der Waals surface area (Å²) in [5, 5.41) is 12.2. The topological polar surface area (TPSA) is 86.1 Å². The van der Waals surface area contributed by atoms with Gasteiger partial charge < -0.3 is 4.90 Å². The lowest BCUT2D eigenvalue weighted by molar-refractivity contribution is -0.142. The molecule has 0 atom stereocenters. The predicted molar refractivity (Wildman–Crippen MR) is 109 cm³/mol. The van der Waals surface area contributed by atoms with Crippen molar-refractivity contribution >= 4 is 11.6 Å². The zero-order valence-electron chi connectivity index (χ0n) is 18.1. The van der Waals surface area contributed by atoms with Gasteiger partial charge in [0.15, 0.2) is 11.3 Å². The maximum Gasteiger partial charge on any atom is 0.433 e. The summed E-state index contributed by atoms with van der Waals surface area (Å²) in [6.07, 6.45) is -0.342. The summed E-state index contributed by atoms with van der Waals surface area (Å²) in [5.41, 5.74) is 1.53. The highest BCUT2D eigenvalue weighted by molar-refractivity contribution is 5.99. The lowest BCUT2D eigenvalue weighted by atomic mass is 10.1. The van der Waals surface area contributed by atoms with E-state index in [1.54, 1.807) is 45.1 Å². The highest BCUT2D eigenvalue weighted by Gasteiger charge is 2.36. The quantitative estimate of drug-likeness (QED) is 0.481. The van der Waals surface area contributed by atoms with Gasteiger partial charge in [-0.25, -0.2) is 9.50 Å². The Kier molecular flexibility index (Phi) is 5.02. The van der Waals surface area contributed by atoms with Gasteiger partial charge in [-0.15, -0.1) is 0 Å². The summed E-state index contributed by atoms with van der Waals surface area (Å²) in [5.74, 6) is -0.496. The van der Waals surface area contributed by atoms with Gasteiger partial charge in [-0.1, -0.05) is 0 Å². The fourth-order valence-corrected chi connectivity index (χ4v) is 3.54. The molecule has 1 amide bonds. The number of aryl methyl sites for hydroxylation is 3. The second-order valence-electron chi connectivity index (χ2n) is 7.66. The lowest BCUT2D eigenvalue weighted by Crippen LogP contribution is -2.26. The van der Waals surface area contributed by atoms with Crippen molar-refractivity contribution in [3.05, 3.63) is 52.9 Å². The maximum absolute atomic E-state index is 13.8. The normalized spacial score (nSPS) is 12.0. The molecule has 0 N–H and O–H groups in total. The maximum atomic E-state index is 13.8. The number of alkyl halides is 3. The van der Waals surface area contributed by atoms with Crippen LogP contribution in [-0.2, 0) is 26.8 Å². The van der Waals surface area contributed by atoms with Crippen molar-refractivity contribution in [2.24, 2.45) is 14.1 Å². The molecule has 0 aliphatic rings. The Morgan fingerprint density at radius 3 is 2.44 bits per heavy atom. The molecule has 0 radical (unpaired) electrons. The first kappa shape index (κ1) is 21.5. The number of fused-ring (bicyclic) bond motifs is 1. The zero-order chi connectivity index (χ0) is 23.4. The molecule has 4 rings (SSSR count). The van der Waals surface area contributed by atoms with Crippen LogP contribution in [0, 0.1) is 13.8 Å². The van der Waals surface area contributed by atoms with Crippen LogP contribution in [0.15, 0.2) is 24.7 Å². The fraction of sp³-hybridized carbons (Fsp3) is 0.350. The highest BCUT2D eigenvalue weighted by Crippen LogP contribution is 2.33. The summed E-state index contributed by atoms with van der Waals surface area (Å²) < 4.78 is 45.3. The zero-order valence-corrected chi connectivity index (χ0v) is 18.1. The largest absolute Gasteiger partial charge is 0.433 e. The Bertz CT molecular complexity index is 1330. The molecule has 12 heteroatoms. The van der Waals surface area contributed by atoms with Crippen molar-refractivity contribution in [3.63, 3.8) is 0 Å². The Morgan fingerprint density at radius 1 is 1.16 bits per heavy atom. The number of halogens is 3. The highest BCUT2D eigenvalue weighted by atomic mass is 19.4. The van der Waals surface area contributed by atoms with Gasteiger partial charge in [0.1, 0.15) is 5.56 Å². The number of amides is 1. The molecule has 0 unspecified atom stereocenters. The molecule has 4 aromatic rings. The van der Waals surface area contributed by atoms with Gasteiger partial charge in [-0.2, -0.15) is 28.5 Å². The standard InChI is InChI=1S/C20H21F3N8O/c1-11-15(10-29(4)27-11)16-6-17(20(21,22)23)31-18(26-16)14(8-25-31)19(32)28(3)9-13-7-24-30(5)12(13)2/h6-8,10H,9H2,1-5H3. The van der Waals surface area contributed by atoms with Gasteiger partial charge in [0.2, 0.25) is 0 Å². The first-order chi connectivity index (χ1) is 15.0. The predicted octanol–water partition coefficient (Wildman–Crippen LogP) is 2.77. The van der Waals surface area contributed by atoms with Crippen LogP contribution in [0.1, 0.15) is 33.0 Å². The third-order valence-electron chi connectivity index (χ3n) is 5.37. The minimum Gasteiger partial charge on any atom is -0.337 e. The molecule has 0 aliphatic heterocycles. The fourth-order valence-electron chi connectivity index (χ4n) is 3.54. The van der Waals surface area contributed by atoms with Crippen molar-refractivity contribution in [1.29, 1.82) is 0 Å². The molecule has 0 fully saturated rings. The average molecular weight is 446 g/mol. The third kappa shape index (κ3) is 3.61. The molecule has 0 aliphatic carbocycles. The van der Waals surface area contributed by atoms with E-state index in [0.717, 1.165) is 23.5 Å². The van der Waals surface area contributed by atoms with Gasteiger partial charge in [0.25, 0.3) is 5.91 Å². The Morgan fingerprint density at radius 2 is 1.88 bits per heavy atom. The number of nitrogens with zero attached hydrogens (tertiary/aromatic N) is 8. The van der Waals surface area contributed by atoms with Gasteiger partial charge in [0.05, 0.1) is 23.8 Å². The summed E-state index contributed by atoms with van der Waals surface area (Å²) in [7, 11) is 5.03. The number of rotatable bonds is 4. The summed E-state index contributed by atoms with van der Waals surface area (Å²) in [6, 6.07) is 0.918. The number of carbonyl (C=O) groups is 1. The summed E-state index contributed by atoms with van der Waals surface area (Å²) >= 11 is 0. The number of aromatic nitrogens is 7. The van der Waals surface area contributed by atoms with Crippen LogP contribution in [0.3, 0.4) is 0 Å². The van der Waals surface area contributed by atoms with E-state index in [9.17, 15) is 18.0 Å². The van der Waals surface area contributed by atoms with Crippen LogP contribution in [0.5, 0.6) is 0 Å². The van der Waals surface area contributed by atoms with E-state index in [0.29, 0.717) is 15.8 Å². The molecule has 0 saturated carbocycles. The molecular weight excluding hydrogens is 425 g/mol. The molecule has 4 heterocycles. The van der Waals surface area contributed by atoms with Gasteiger partial charge in [0, 0.05) is 50.7 Å². The number of hydrogen-bond donors (Lipinski definition) is 0. The van der Waals surface area contributed by atoms with Gasteiger partial charge in [-0.3, -0.25) is 14.2 Å². The van der Waals surface area contributed by atoms with Crippen molar-refractivity contribution in [1.82, 2.24) is 39.1 Å². The monoisotopic (exact) mass is 446 g/mol. The first-order valence-electron chi connectivity index (χ1n) is 9.67. The van der Waals surface area contributed by atoms with Gasteiger partial charge >= 0.3 is 6.18 Å². The molecule has 32 heavy (non-hydrogen) atoms. The molecule has 0 aromatic carbocycles. The molecule has 0 saturated heterocycles. The van der Waals surface area contributed by atoms with Crippen molar-refractivity contribution in [2.75, 3.05) is 7.05 Å². The van der Waals surface area contributed by atoms with E-state index < -0.39 is 17.8 Å². The Hall–Kier alpha value is -3.70. The van der Waals surface area contributed by atoms with E-state index >= 15 is 0 Å². The van der Waals surface area contributed by atoms with Gasteiger partial charge in [-0.05, 0) is 19.9 Å². The smallest absolute Gasteiger partial charge is 0.337 e. The molecular formula is C20H21F3N8O. The van der Waals surface area contributed by atoms with Crippen LogP contribution in [0.2, 0.25) is 0 Å². The molecule has 9 nitrogen and oxygen atoms in total. The molecule has 4 aromatic heterocycles. The van der Waals surface area contributed by atoms with Crippen molar-refractivity contribution < 1.29 is 18.0 Å². The van der Waals surface area contributed by atoms with Crippen LogP contribution < -0.4 is 0 Å². The summed E-state index contributed by atoms with van der Waals surface area (Å²) in [4.78, 5) is 18.9. The van der Waals surface area contributed by atoms with E-state index in [-0.39, 0.29) is 23.4 Å². The lowest BCUT2D eigenvalue weighted by Gasteiger charge is -2.16. The number of carbonyl (C=O) groups excluding carboxylic acids is 1. The minimum atomic E-state index is -4.70. The summed E-state index contributed by atoms with van der Waals surface area (Å²) in [6.45, 7) is 3.79. The van der Waals surface area contributed by atoms with Crippen LogP contribution >= 0.6 is 0 Å². The first-order valence-corrected chi connectivity index (χ1v) is 9.67. The second-order valence-corrected chi connectivity index (χ2v) is 7.66. The third-order valence-corrected chi connectivity index (χ3v) is 5.37. The van der Waals surface area contributed by atoms with E-state index in [1.165, 1.54) is 9.58 Å². The van der Waals surface area contributed by atoms with Crippen molar-refractivity contribution in [3.8, 4) is 11.3 Å². The van der Waals surface area contributed by atoms with Crippen LogP contribution in [-0.4, -0.2) is 52.0 Å². The van der Waals surface area contributed by atoms with Crippen LogP contribution in [0.4, 0.5) is 13.2 Å². The Balaban J connectivity index is 1.82. The van der Waals surface area contributed by atoms with Crippen molar-refractivity contribution in [2.45, 2.75) is 26.6 Å². The molecule has 168 valence electrons. The van der Waals surface area contributed by atoms with Crippen LogP contribution in [0.25, 0.3) is 16.9 Å². The average Bonchev–Trinajstić information content (AvgIpc) is 3.38. The number of hydrogen-bond acceptors (Lipinski definition) is 5. The minimum absolute atomic E-state index is 0.0251. The molecule has 0 spiro atoms. The SMILES string of the molecule is Cc1nn(C)cc1-c1cc(C(F)(F)F)n2ncc(C(=O)N(C)Cc3cnn(C)c3C)c2n1. The van der Waals surface area contributed by atoms with E-state index in [1.807, 2.05) is 6.92 Å². The molecule has 0 bridgehead atoms. The second kappa shape index (κ2) is 7.46.